The van der Waals surface area contributed by atoms with E-state index in [0.29, 0.717) is 5.69 Å². The second-order valence-electron chi connectivity index (χ2n) is 2.60. The monoisotopic (exact) mass is 235 g/mol. The van der Waals surface area contributed by atoms with Crippen LogP contribution in [0.5, 0.6) is 0 Å². The zero-order chi connectivity index (χ0) is 12.0. The fourth-order valence-corrected chi connectivity index (χ4v) is 0.780. The van der Waals surface area contributed by atoms with Crippen LogP contribution in [0, 0.1) is 0 Å². The number of carbonyl (C=O) groups is 1. The first-order valence-electron chi connectivity index (χ1n) is 4.09. The second kappa shape index (κ2) is 5.21. The summed E-state index contributed by atoms with van der Waals surface area (Å²) in [4.78, 5) is 13.8. The van der Waals surface area contributed by atoms with Crippen LogP contribution < -0.4 is 16.3 Å². The van der Waals surface area contributed by atoms with Gasteiger partial charge in [-0.2, -0.15) is 4.84 Å². The van der Waals surface area contributed by atoms with Crippen LogP contribution in [0.4, 0.5) is 23.7 Å². The van der Waals surface area contributed by atoms with Gasteiger partial charge in [-0.05, 0) is 12.1 Å². The standard InChI is InChI=1S/C8H8F3N3O2/c9-8(10,11)16-14-7(15)13-12-6-4-2-1-3-5-6/h1-5,12H,(H2,13,14,15). The van der Waals surface area contributed by atoms with Crippen LogP contribution in [0.15, 0.2) is 30.3 Å². The Balaban J connectivity index is 2.26. The molecular weight excluding hydrogens is 227 g/mol. The van der Waals surface area contributed by atoms with Gasteiger partial charge in [-0.1, -0.05) is 18.2 Å². The Bertz CT molecular complexity index is 342. The molecule has 0 aliphatic heterocycles. The van der Waals surface area contributed by atoms with E-state index in [0.717, 1.165) is 5.48 Å². The molecule has 0 saturated carbocycles. The highest BCUT2D eigenvalue weighted by molar-refractivity contribution is 5.74. The van der Waals surface area contributed by atoms with Crippen molar-refractivity contribution in [2.45, 2.75) is 6.36 Å². The fourth-order valence-electron chi connectivity index (χ4n) is 0.780. The maximum Gasteiger partial charge on any atom is 0.543 e. The number of hydroxylamine groups is 1. The Morgan fingerprint density at radius 3 is 2.38 bits per heavy atom. The van der Waals surface area contributed by atoms with E-state index in [-0.39, 0.29) is 0 Å². The third kappa shape index (κ3) is 5.05. The number of carbonyl (C=O) groups excluding carboxylic acids is 1. The molecule has 8 heteroatoms. The molecule has 1 rings (SSSR count). The summed E-state index contributed by atoms with van der Waals surface area (Å²) in [6.45, 7) is 0. The number of benzene rings is 1. The van der Waals surface area contributed by atoms with Crippen molar-refractivity contribution in [3.63, 3.8) is 0 Å². The number of rotatable bonds is 3. The van der Waals surface area contributed by atoms with Crippen molar-refractivity contribution < 1.29 is 22.8 Å². The SMILES string of the molecule is O=C(NNc1ccccc1)NOC(F)(F)F. The molecular formula is C8H8F3N3O2. The van der Waals surface area contributed by atoms with Crippen LogP contribution in [0.1, 0.15) is 0 Å². The molecule has 5 nitrogen and oxygen atoms in total. The van der Waals surface area contributed by atoms with E-state index >= 15 is 0 Å². The van der Waals surface area contributed by atoms with Crippen molar-refractivity contribution >= 4 is 11.7 Å². The van der Waals surface area contributed by atoms with E-state index in [1.165, 1.54) is 0 Å². The molecule has 0 bridgehead atoms. The summed E-state index contributed by atoms with van der Waals surface area (Å²) in [6.07, 6.45) is -4.91. The summed E-state index contributed by atoms with van der Waals surface area (Å²) in [5.74, 6) is 0. The lowest BCUT2D eigenvalue weighted by Crippen LogP contribution is -2.41. The molecule has 0 radical (unpaired) electrons. The largest absolute Gasteiger partial charge is 0.543 e. The zero-order valence-corrected chi connectivity index (χ0v) is 7.84. The molecule has 2 amide bonds. The molecule has 3 N–H and O–H groups in total. The van der Waals surface area contributed by atoms with E-state index in [2.05, 4.69) is 10.3 Å². The van der Waals surface area contributed by atoms with Gasteiger partial charge in [0.25, 0.3) is 0 Å². The van der Waals surface area contributed by atoms with E-state index in [1.54, 1.807) is 30.3 Å². The first kappa shape index (κ1) is 12.1. The number of amides is 2. The third-order valence-corrected chi connectivity index (χ3v) is 1.35. The van der Waals surface area contributed by atoms with Crippen LogP contribution in [0.3, 0.4) is 0 Å². The number of alkyl halides is 3. The van der Waals surface area contributed by atoms with Crippen molar-refractivity contribution in [3.05, 3.63) is 30.3 Å². The van der Waals surface area contributed by atoms with Gasteiger partial charge in [0.15, 0.2) is 0 Å². The normalized spacial score (nSPS) is 10.7. The van der Waals surface area contributed by atoms with Crippen LogP contribution in [-0.2, 0) is 4.84 Å². The predicted octanol–water partition coefficient (Wildman–Crippen LogP) is 1.76. The summed E-state index contributed by atoms with van der Waals surface area (Å²) >= 11 is 0. The highest BCUT2D eigenvalue weighted by atomic mass is 19.4. The number of hydrazine groups is 1. The molecule has 0 saturated heterocycles. The fraction of sp³-hybridized carbons (Fsp3) is 0.125. The van der Waals surface area contributed by atoms with Crippen LogP contribution >= 0.6 is 0 Å². The van der Waals surface area contributed by atoms with Gasteiger partial charge in [-0.15, -0.1) is 13.2 Å². The third-order valence-electron chi connectivity index (χ3n) is 1.35. The summed E-state index contributed by atoms with van der Waals surface area (Å²) < 4.78 is 34.5. The number of nitrogens with one attached hydrogen (secondary N) is 3. The van der Waals surface area contributed by atoms with Gasteiger partial charge in [-0.3, -0.25) is 5.43 Å². The molecule has 0 aliphatic rings. The molecule has 0 heterocycles. The minimum absolute atomic E-state index is 0.518. The number of anilines is 1. The van der Waals surface area contributed by atoms with E-state index in [1.807, 2.05) is 5.43 Å². The van der Waals surface area contributed by atoms with Gasteiger partial charge in [0.05, 0.1) is 5.69 Å². The number of hydrogen-bond donors (Lipinski definition) is 3. The first-order chi connectivity index (χ1) is 7.47. The molecule has 16 heavy (non-hydrogen) atoms. The second-order valence-corrected chi connectivity index (χ2v) is 2.60. The number of halogens is 3. The lowest BCUT2D eigenvalue weighted by Gasteiger charge is -2.10. The van der Waals surface area contributed by atoms with E-state index < -0.39 is 12.4 Å². The number of hydrogen-bond acceptors (Lipinski definition) is 3. The molecule has 0 unspecified atom stereocenters. The predicted molar refractivity (Wildman–Crippen MR) is 48.9 cm³/mol. The highest BCUT2D eigenvalue weighted by Crippen LogP contribution is 2.13. The van der Waals surface area contributed by atoms with E-state index in [4.69, 9.17) is 0 Å². The Labute approximate surface area is 88.5 Å². The van der Waals surface area contributed by atoms with Gasteiger partial charge in [0.2, 0.25) is 0 Å². The molecule has 0 fully saturated rings. The Morgan fingerprint density at radius 2 is 1.81 bits per heavy atom. The molecule has 88 valence electrons. The van der Waals surface area contributed by atoms with Crippen molar-refractivity contribution in [1.82, 2.24) is 10.9 Å². The van der Waals surface area contributed by atoms with Gasteiger partial charge >= 0.3 is 12.4 Å². The lowest BCUT2D eigenvalue weighted by atomic mass is 10.3. The minimum atomic E-state index is -4.91. The summed E-state index contributed by atoms with van der Waals surface area (Å²) in [6, 6.07) is 7.19. The smallest absolute Gasteiger partial charge is 0.297 e. The Kier molecular flexibility index (Phi) is 3.95. The molecule has 1 aromatic carbocycles. The maximum atomic E-state index is 11.5. The van der Waals surface area contributed by atoms with Gasteiger partial charge < -0.3 is 0 Å². The van der Waals surface area contributed by atoms with Crippen molar-refractivity contribution in [3.8, 4) is 0 Å². The van der Waals surface area contributed by atoms with Gasteiger partial charge in [0, 0.05) is 0 Å². The van der Waals surface area contributed by atoms with Gasteiger partial charge in [-0.25, -0.2) is 15.7 Å². The minimum Gasteiger partial charge on any atom is -0.297 e. The molecule has 0 aromatic heterocycles. The first-order valence-corrected chi connectivity index (χ1v) is 4.09. The quantitative estimate of drug-likeness (QED) is 0.699. The highest BCUT2D eigenvalue weighted by Gasteiger charge is 2.30. The molecule has 1 aromatic rings. The van der Waals surface area contributed by atoms with Crippen LogP contribution in [-0.4, -0.2) is 12.4 Å². The average molecular weight is 235 g/mol. The summed E-state index contributed by atoms with van der Waals surface area (Å²) in [7, 11) is 0. The van der Waals surface area contributed by atoms with Crippen molar-refractivity contribution in [1.29, 1.82) is 0 Å². The van der Waals surface area contributed by atoms with Gasteiger partial charge in [0.1, 0.15) is 0 Å². The van der Waals surface area contributed by atoms with Crippen LogP contribution in [0.2, 0.25) is 0 Å². The van der Waals surface area contributed by atoms with Crippen LogP contribution in [0.25, 0.3) is 0 Å². The van der Waals surface area contributed by atoms with E-state index in [9.17, 15) is 18.0 Å². The van der Waals surface area contributed by atoms with Crippen molar-refractivity contribution in [2.75, 3.05) is 5.43 Å². The molecule has 0 atom stereocenters. The maximum absolute atomic E-state index is 11.5. The Hall–Kier alpha value is -1.96. The zero-order valence-electron chi connectivity index (χ0n) is 7.84. The number of para-hydroxylation sites is 1. The van der Waals surface area contributed by atoms with Crippen molar-refractivity contribution in [2.24, 2.45) is 0 Å². The molecule has 0 spiro atoms. The molecule has 0 aliphatic carbocycles. The number of urea groups is 1. The average Bonchev–Trinajstić information content (AvgIpc) is 2.24. The summed E-state index contributed by atoms with van der Waals surface area (Å²) in [5, 5.41) is 0. The lowest BCUT2D eigenvalue weighted by molar-refractivity contribution is -0.343. The topological polar surface area (TPSA) is 62.4 Å². The summed E-state index contributed by atoms with van der Waals surface area (Å²) in [5.41, 5.74) is 5.99. The Morgan fingerprint density at radius 1 is 1.19 bits per heavy atom.